The monoisotopic (exact) mass is 373 g/mol. The van der Waals surface area contributed by atoms with Crippen LogP contribution in [0.15, 0.2) is 54.6 Å². The van der Waals surface area contributed by atoms with Crippen molar-refractivity contribution in [2.45, 2.75) is 13.8 Å². The maximum Gasteiger partial charge on any atom is 0.249 e. The van der Waals surface area contributed by atoms with E-state index in [4.69, 9.17) is 0 Å². The van der Waals surface area contributed by atoms with Crippen LogP contribution >= 0.6 is 0 Å². The third kappa shape index (κ3) is 3.22. The minimum Gasteiger partial charge on any atom is -0.340 e. The smallest absolute Gasteiger partial charge is 0.249 e. The second-order valence-electron chi connectivity index (χ2n) is 6.68. The molecule has 140 valence electrons. The first kappa shape index (κ1) is 17.8. The van der Waals surface area contributed by atoms with Crippen LogP contribution in [0.3, 0.4) is 0 Å². The highest BCUT2D eigenvalue weighted by molar-refractivity contribution is 6.17. The van der Waals surface area contributed by atoms with Crippen LogP contribution in [0, 0.1) is 19.8 Å². The van der Waals surface area contributed by atoms with E-state index in [1.807, 2.05) is 47.4 Å². The lowest BCUT2D eigenvalue weighted by molar-refractivity contribution is -0.118. The number of amides is 1. The molecule has 7 heteroatoms. The number of para-hydroxylation sites is 2. The summed E-state index contributed by atoms with van der Waals surface area (Å²) in [7, 11) is 0. The number of hydrogen-bond donors (Lipinski definition) is 1. The van der Waals surface area contributed by atoms with Gasteiger partial charge in [-0.3, -0.25) is 14.9 Å². The first-order valence-corrected chi connectivity index (χ1v) is 8.99. The summed E-state index contributed by atoms with van der Waals surface area (Å²) >= 11 is 0. The summed E-state index contributed by atoms with van der Waals surface area (Å²) in [5, 5.41) is 10.5. The van der Waals surface area contributed by atoms with E-state index in [-0.39, 0.29) is 18.3 Å². The highest BCUT2D eigenvalue weighted by atomic mass is 16.2. The molecule has 0 saturated heterocycles. The van der Waals surface area contributed by atoms with E-state index < -0.39 is 11.8 Å². The number of nitrogens with one attached hydrogen (secondary N) is 1. The standard InChI is InChI=1S/C21H19N5O2/c1-13-14(2)24-25-21(22-13)23-20(28)17-12-26(15-8-4-3-5-9-15)18-11-7-6-10-16(18)19(17)27/h3-11,17H,12H2,1-2H3,(H,22,23,25,28). The van der Waals surface area contributed by atoms with Gasteiger partial charge in [0.1, 0.15) is 5.92 Å². The summed E-state index contributed by atoms with van der Waals surface area (Å²) in [5.41, 5.74) is 3.61. The first-order chi connectivity index (χ1) is 13.5. The van der Waals surface area contributed by atoms with Crippen molar-refractivity contribution in [2.24, 2.45) is 5.92 Å². The molecule has 0 saturated carbocycles. The van der Waals surface area contributed by atoms with Crippen LogP contribution < -0.4 is 10.2 Å². The van der Waals surface area contributed by atoms with E-state index in [1.165, 1.54) is 0 Å². The summed E-state index contributed by atoms with van der Waals surface area (Å²) in [6.07, 6.45) is 0. The molecule has 1 aliphatic heterocycles. The molecule has 4 rings (SSSR count). The highest BCUT2D eigenvalue weighted by Crippen LogP contribution is 2.35. The Morgan fingerprint density at radius 3 is 2.46 bits per heavy atom. The maximum atomic E-state index is 13.0. The molecule has 0 spiro atoms. The van der Waals surface area contributed by atoms with Crippen LogP contribution in [0.1, 0.15) is 21.7 Å². The van der Waals surface area contributed by atoms with Gasteiger partial charge in [0.25, 0.3) is 0 Å². The van der Waals surface area contributed by atoms with E-state index in [2.05, 4.69) is 20.5 Å². The Morgan fingerprint density at radius 1 is 1.00 bits per heavy atom. The average Bonchev–Trinajstić information content (AvgIpc) is 2.72. The zero-order valence-corrected chi connectivity index (χ0v) is 15.6. The fourth-order valence-electron chi connectivity index (χ4n) is 3.23. The quantitative estimate of drug-likeness (QED) is 0.710. The van der Waals surface area contributed by atoms with Crippen molar-refractivity contribution in [3.05, 3.63) is 71.5 Å². The number of aryl methyl sites for hydroxylation is 2. The number of ketones is 1. The lowest BCUT2D eigenvalue weighted by Gasteiger charge is -2.34. The highest BCUT2D eigenvalue weighted by Gasteiger charge is 2.37. The largest absolute Gasteiger partial charge is 0.340 e. The van der Waals surface area contributed by atoms with Gasteiger partial charge >= 0.3 is 0 Å². The molecular formula is C21H19N5O2. The van der Waals surface area contributed by atoms with Crippen LogP contribution in [-0.2, 0) is 4.79 Å². The molecule has 1 aliphatic rings. The van der Waals surface area contributed by atoms with E-state index >= 15 is 0 Å². The van der Waals surface area contributed by atoms with Gasteiger partial charge in [0.2, 0.25) is 11.9 Å². The Kier molecular flexibility index (Phi) is 4.57. The molecule has 28 heavy (non-hydrogen) atoms. The SMILES string of the molecule is Cc1nnc(NC(=O)C2CN(c3ccccc3)c3ccccc3C2=O)nc1C. The minimum atomic E-state index is -0.875. The zero-order chi connectivity index (χ0) is 19.7. The number of nitrogens with zero attached hydrogens (tertiary/aromatic N) is 4. The molecule has 1 unspecified atom stereocenters. The maximum absolute atomic E-state index is 13.0. The number of carbonyl (C=O) groups is 2. The normalized spacial score (nSPS) is 15.9. The fourth-order valence-corrected chi connectivity index (χ4v) is 3.23. The van der Waals surface area contributed by atoms with Gasteiger partial charge in [0.15, 0.2) is 5.78 Å². The van der Waals surface area contributed by atoms with Crippen LogP contribution in [0.4, 0.5) is 17.3 Å². The van der Waals surface area contributed by atoms with Gasteiger partial charge in [-0.1, -0.05) is 30.3 Å². The lowest BCUT2D eigenvalue weighted by Crippen LogP contribution is -2.43. The fraction of sp³-hybridized carbons (Fsp3) is 0.190. The van der Waals surface area contributed by atoms with Gasteiger partial charge in [-0.2, -0.15) is 5.10 Å². The van der Waals surface area contributed by atoms with Gasteiger partial charge in [0.05, 0.1) is 17.1 Å². The number of carbonyl (C=O) groups excluding carboxylic acids is 2. The van der Waals surface area contributed by atoms with Gasteiger partial charge in [-0.15, -0.1) is 5.10 Å². The molecular weight excluding hydrogens is 354 g/mol. The Hall–Kier alpha value is -3.61. The molecule has 2 aromatic carbocycles. The van der Waals surface area contributed by atoms with Crippen molar-refractivity contribution in [1.82, 2.24) is 15.2 Å². The summed E-state index contributed by atoms with van der Waals surface area (Å²) < 4.78 is 0. The number of aromatic nitrogens is 3. The van der Waals surface area contributed by atoms with Crippen LogP contribution in [-0.4, -0.2) is 33.4 Å². The Balaban J connectivity index is 1.67. The first-order valence-electron chi connectivity index (χ1n) is 8.99. The Bertz CT molecular complexity index is 1050. The average molecular weight is 373 g/mol. The third-order valence-corrected chi connectivity index (χ3v) is 4.85. The summed E-state index contributed by atoms with van der Waals surface area (Å²) in [4.78, 5) is 32.1. The van der Waals surface area contributed by atoms with Gasteiger partial charge in [-0.25, -0.2) is 4.98 Å². The number of fused-ring (bicyclic) bond motifs is 1. The van der Waals surface area contributed by atoms with Crippen LogP contribution in [0.2, 0.25) is 0 Å². The van der Waals surface area contributed by atoms with E-state index in [1.54, 1.807) is 26.0 Å². The predicted molar refractivity (Wildman–Crippen MR) is 106 cm³/mol. The molecule has 0 aliphatic carbocycles. The minimum absolute atomic E-state index is 0.103. The molecule has 1 atom stereocenters. The molecule has 0 bridgehead atoms. The molecule has 0 radical (unpaired) electrons. The predicted octanol–water partition coefficient (Wildman–Crippen LogP) is 3.08. The number of anilines is 3. The summed E-state index contributed by atoms with van der Waals surface area (Å²) in [5.74, 6) is -1.42. The second kappa shape index (κ2) is 7.19. The van der Waals surface area contributed by atoms with Crippen molar-refractivity contribution in [3.8, 4) is 0 Å². The van der Waals surface area contributed by atoms with Gasteiger partial charge in [-0.05, 0) is 38.1 Å². The Labute approximate surface area is 162 Å². The van der Waals surface area contributed by atoms with Crippen molar-refractivity contribution < 1.29 is 9.59 Å². The lowest BCUT2D eigenvalue weighted by atomic mass is 9.90. The van der Waals surface area contributed by atoms with Crippen LogP contribution in [0.5, 0.6) is 0 Å². The second-order valence-corrected chi connectivity index (χ2v) is 6.68. The number of Topliss-reactive ketones (excluding diaryl/α,β-unsaturated/α-hetero) is 1. The molecule has 7 nitrogen and oxygen atoms in total. The number of benzene rings is 2. The van der Waals surface area contributed by atoms with Crippen molar-refractivity contribution in [1.29, 1.82) is 0 Å². The van der Waals surface area contributed by atoms with Gasteiger partial charge < -0.3 is 4.90 Å². The molecule has 3 aromatic rings. The number of rotatable bonds is 3. The van der Waals surface area contributed by atoms with Crippen molar-refractivity contribution in [2.75, 3.05) is 16.8 Å². The van der Waals surface area contributed by atoms with Crippen LogP contribution in [0.25, 0.3) is 0 Å². The van der Waals surface area contributed by atoms with Gasteiger partial charge in [0, 0.05) is 17.8 Å². The van der Waals surface area contributed by atoms with E-state index in [0.717, 1.165) is 11.4 Å². The summed E-state index contributed by atoms with van der Waals surface area (Å²) in [6.45, 7) is 3.82. The van der Waals surface area contributed by atoms with Crippen molar-refractivity contribution >= 4 is 29.0 Å². The molecule has 1 amide bonds. The number of hydrogen-bond acceptors (Lipinski definition) is 6. The third-order valence-electron chi connectivity index (χ3n) is 4.85. The zero-order valence-electron chi connectivity index (χ0n) is 15.6. The molecule has 2 heterocycles. The van der Waals surface area contributed by atoms with E-state index in [0.29, 0.717) is 17.0 Å². The molecule has 1 N–H and O–H groups in total. The summed E-state index contributed by atoms with van der Waals surface area (Å²) in [6, 6.07) is 17.0. The van der Waals surface area contributed by atoms with E-state index in [9.17, 15) is 9.59 Å². The molecule has 1 aromatic heterocycles. The molecule has 0 fully saturated rings. The topological polar surface area (TPSA) is 88.1 Å². The van der Waals surface area contributed by atoms with Crippen molar-refractivity contribution in [3.63, 3.8) is 0 Å². The Morgan fingerprint density at radius 2 is 1.71 bits per heavy atom.